The zero-order chi connectivity index (χ0) is 29.3. The van der Waals surface area contributed by atoms with E-state index >= 15 is 0 Å². The second kappa shape index (κ2) is 13.5. The third-order valence-corrected chi connectivity index (χ3v) is 9.78. The molecule has 0 amide bonds. The van der Waals surface area contributed by atoms with Crippen LogP contribution in [0.25, 0.3) is 38.5 Å². The van der Waals surface area contributed by atoms with E-state index in [1.165, 1.54) is 91.6 Å². The molecule has 0 N–H and O–H groups in total. The molecule has 1 aliphatic heterocycles. The van der Waals surface area contributed by atoms with E-state index in [4.69, 9.17) is 11.6 Å². The van der Waals surface area contributed by atoms with Crippen molar-refractivity contribution in [1.82, 2.24) is 4.57 Å². The van der Waals surface area contributed by atoms with Gasteiger partial charge in [0.1, 0.15) is 6.54 Å². The molecule has 224 valence electrons. The Labute approximate surface area is 283 Å². The van der Waals surface area contributed by atoms with Crippen molar-refractivity contribution in [2.45, 2.75) is 65.3 Å². The number of unbranched alkanes of at least 4 members (excludes halogenated alkanes) is 2. The number of hydrogen-bond donors (Lipinski definition) is 0. The average molecular weight is 711 g/mol. The molecule has 0 atom stereocenters. The Kier molecular flexibility index (Phi) is 9.44. The first kappa shape index (κ1) is 30.9. The summed E-state index contributed by atoms with van der Waals surface area (Å²) in [5, 5.41) is 8.91. The number of halogens is 2. The predicted molar refractivity (Wildman–Crippen MR) is 186 cm³/mol. The third-order valence-electron chi connectivity index (χ3n) is 9.29. The van der Waals surface area contributed by atoms with Crippen LogP contribution >= 0.6 is 11.6 Å². The first-order chi connectivity index (χ1) is 21.2. The van der Waals surface area contributed by atoms with E-state index < -0.39 is 0 Å². The van der Waals surface area contributed by atoms with Gasteiger partial charge in [0.25, 0.3) is 0 Å². The summed E-state index contributed by atoms with van der Waals surface area (Å²) in [7, 11) is 0. The summed E-state index contributed by atoms with van der Waals surface area (Å²) >= 11 is 7.19. The van der Waals surface area contributed by atoms with Gasteiger partial charge in [-0.15, -0.1) is 0 Å². The van der Waals surface area contributed by atoms with Crippen LogP contribution in [0.5, 0.6) is 0 Å². The van der Waals surface area contributed by atoms with E-state index in [1.807, 2.05) is 0 Å². The molecule has 0 saturated heterocycles. The highest BCUT2D eigenvalue weighted by atomic mass is 127. The Hall–Kier alpha value is -3.15. The standard InChI is InChI=1S/C40H40ClN2.HI/c1-3-5-26-42-34(32-18-8-12-28-14-10-20-36(42)38(28)32)24-22-30-16-7-17-31(40(30)41)23-25-35-33-19-9-13-29-15-11-21-37(39(29)33)43(35)27-6-4-2;/h8-15,18-25H,3-7,16-17,26-27H2,1-2H3;1H/q+1;/p-1. The number of hydrogen-bond acceptors (Lipinski definition) is 0. The molecule has 5 aromatic rings. The molecule has 1 aliphatic carbocycles. The lowest BCUT2D eigenvalue weighted by molar-refractivity contribution is -0.436. The van der Waals surface area contributed by atoms with Gasteiger partial charge in [-0.3, -0.25) is 0 Å². The molecule has 4 heteroatoms. The number of allylic oxidation sites excluding steroid dienone is 6. The largest absolute Gasteiger partial charge is 1.00 e. The van der Waals surface area contributed by atoms with Crippen LogP contribution in [-0.2, 0) is 6.54 Å². The molecule has 0 bridgehead atoms. The van der Waals surface area contributed by atoms with Crippen LogP contribution in [-0.4, -0.2) is 21.4 Å². The second-order valence-corrected chi connectivity index (χ2v) is 12.4. The molecule has 2 nitrogen and oxygen atoms in total. The van der Waals surface area contributed by atoms with Crippen LogP contribution in [0.3, 0.4) is 0 Å². The van der Waals surface area contributed by atoms with Gasteiger partial charge in [0.2, 0.25) is 11.4 Å². The minimum Gasteiger partial charge on any atom is -1.00 e. The molecular formula is C40H40ClIN2. The van der Waals surface area contributed by atoms with Crippen LogP contribution in [0, 0.1) is 0 Å². The second-order valence-electron chi connectivity index (χ2n) is 12.0. The smallest absolute Gasteiger partial charge is 0.214 e. The summed E-state index contributed by atoms with van der Waals surface area (Å²) in [6.07, 6.45) is 17.1. The van der Waals surface area contributed by atoms with Gasteiger partial charge in [-0.2, -0.15) is 4.58 Å². The van der Waals surface area contributed by atoms with Crippen LogP contribution in [0.4, 0.5) is 5.69 Å². The predicted octanol–water partition coefficient (Wildman–Crippen LogP) is 7.36. The fourth-order valence-electron chi connectivity index (χ4n) is 7.11. The third kappa shape index (κ3) is 5.47. The summed E-state index contributed by atoms with van der Waals surface area (Å²) in [6, 6.07) is 26.8. The van der Waals surface area contributed by atoms with Gasteiger partial charge in [0.05, 0.1) is 10.9 Å². The first-order valence-electron chi connectivity index (χ1n) is 16.1. The van der Waals surface area contributed by atoms with Crippen molar-refractivity contribution in [3.8, 4) is 0 Å². The molecule has 2 heterocycles. The van der Waals surface area contributed by atoms with Crippen LogP contribution in [0.2, 0.25) is 0 Å². The Bertz CT molecular complexity index is 2030. The summed E-state index contributed by atoms with van der Waals surface area (Å²) in [6.45, 7) is 6.59. The van der Waals surface area contributed by atoms with Crippen LogP contribution in [0.15, 0.2) is 107 Å². The number of nitrogens with zero attached hydrogens (tertiary/aromatic N) is 2. The van der Waals surface area contributed by atoms with E-state index in [0.29, 0.717) is 0 Å². The van der Waals surface area contributed by atoms with E-state index in [2.05, 4.69) is 120 Å². The van der Waals surface area contributed by atoms with E-state index in [1.54, 1.807) is 0 Å². The molecule has 0 unspecified atom stereocenters. The highest BCUT2D eigenvalue weighted by Gasteiger charge is 2.30. The number of aromatic nitrogens is 1. The topological polar surface area (TPSA) is 7.94 Å². The SMILES string of the molecule is CCCCn1/c(=C/C=C2\CCCC(/C=C/C3=[N+](CCCC)c4cccc5cccc3c45)=C2Cl)c2cccc3cccc1c32.[I-]. The summed E-state index contributed by atoms with van der Waals surface area (Å²) in [5.41, 5.74) is 7.76. The Balaban J connectivity index is 0.00000343. The van der Waals surface area contributed by atoms with Gasteiger partial charge in [-0.05, 0) is 65.8 Å². The quantitative estimate of drug-likeness (QED) is 0.112. The normalized spacial score (nSPS) is 16.5. The number of rotatable bonds is 9. The van der Waals surface area contributed by atoms with Gasteiger partial charge in [0.15, 0.2) is 0 Å². The van der Waals surface area contributed by atoms with E-state index in [0.717, 1.165) is 37.4 Å². The molecule has 0 saturated carbocycles. The maximum Gasteiger partial charge on any atom is 0.214 e. The lowest BCUT2D eigenvalue weighted by atomic mass is 9.93. The van der Waals surface area contributed by atoms with Crippen molar-refractivity contribution in [2.75, 3.05) is 6.54 Å². The first-order valence-corrected chi connectivity index (χ1v) is 16.5. The molecule has 0 fully saturated rings. The lowest BCUT2D eigenvalue weighted by Crippen LogP contribution is -3.00. The van der Waals surface area contributed by atoms with Crippen LogP contribution < -0.4 is 29.3 Å². The highest BCUT2D eigenvalue weighted by Crippen LogP contribution is 2.37. The van der Waals surface area contributed by atoms with Crippen molar-refractivity contribution < 1.29 is 28.6 Å². The lowest BCUT2D eigenvalue weighted by Gasteiger charge is -2.16. The maximum absolute atomic E-state index is 7.19. The van der Waals surface area contributed by atoms with Crippen molar-refractivity contribution >= 4 is 61.5 Å². The molecule has 44 heavy (non-hydrogen) atoms. The van der Waals surface area contributed by atoms with Crippen molar-refractivity contribution in [1.29, 1.82) is 0 Å². The van der Waals surface area contributed by atoms with E-state index in [-0.39, 0.29) is 24.0 Å². The Morgan fingerprint density at radius 3 is 2.32 bits per heavy atom. The fraction of sp³-hybridized carbons (Fsp3) is 0.275. The van der Waals surface area contributed by atoms with Crippen molar-refractivity contribution in [3.63, 3.8) is 0 Å². The molecule has 7 rings (SSSR count). The Morgan fingerprint density at radius 1 is 0.795 bits per heavy atom. The van der Waals surface area contributed by atoms with Crippen molar-refractivity contribution in [3.05, 3.63) is 118 Å². The monoisotopic (exact) mass is 710 g/mol. The zero-order valence-corrected chi connectivity index (χ0v) is 28.7. The molecule has 0 radical (unpaired) electrons. The maximum atomic E-state index is 7.19. The van der Waals surface area contributed by atoms with E-state index in [9.17, 15) is 0 Å². The fourth-order valence-corrected chi connectivity index (χ4v) is 7.43. The highest BCUT2D eigenvalue weighted by molar-refractivity contribution is 6.32. The van der Waals surface area contributed by atoms with Gasteiger partial charge >= 0.3 is 0 Å². The molecule has 1 aromatic heterocycles. The van der Waals surface area contributed by atoms with Gasteiger partial charge < -0.3 is 28.5 Å². The minimum absolute atomic E-state index is 0. The molecule has 0 spiro atoms. The average Bonchev–Trinajstić information content (AvgIpc) is 3.51. The van der Waals surface area contributed by atoms with Gasteiger partial charge in [-0.25, -0.2) is 0 Å². The molecule has 4 aromatic carbocycles. The van der Waals surface area contributed by atoms with Gasteiger partial charge in [0, 0.05) is 51.8 Å². The number of aryl methyl sites for hydroxylation is 1. The molecular weight excluding hydrogens is 671 g/mol. The van der Waals surface area contributed by atoms with Crippen LogP contribution in [0.1, 0.15) is 64.4 Å². The summed E-state index contributed by atoms with van der Waals surface area (Å²) < 4.78 is 5.03. The Morgan fingerprint density at radius 2 is 1.52 bits per heavy atom. The number of benzene rings is 4. The minimum atomic E-state index is 0. The zero-order valence-electron chi connectivity index (χ0n) is 25.8. The molecule has 2 aliphatic rings. The van der Waals surface area contributed by atoms with Gasteiger partial charge in [-0.1, -0.05) is 105 Å². The summed E-state index contributed by atoms with van der Waals surface area (Å²) in [5.74, 6) is 0. The summed E-state index contributed by atoms with van der Waals surface area (Å²) in [4.78, 5) is 0. The van der Waals surface area contributed by atoms with Crippen molar-refractivity contribution in [2.24, 2.45) is 0 Å².